The Morgan fingerprint density at radius 2 is 1.82 bits per heavy atom. The fraction of sp³-hybridized carbons (Fsp3) is 0.611. The molecule has 0 saturated carbocycles. The van der Waals surface area contributed by atoms with Crippen molar-refractivity contribution in [2.45, 2.75) is 26.7 Å². The zero-order chi connectivity index (χ0) is 15.8. The van der Waals surface area contributed by atoms with E-state index in [-0.39, 0.29) is 5.91 Å². The van der Waals surface area contributed by atoms with Crippen LogP contribution in [0.3, 0.4) is 0 Å². The number of hydrogen-bond donors (Lipinski definition) is 2. The summed E-state index contributed by atoms with van der Waals surface area (Å²) in [6, 6.07) is 8.44. The van der Waals surface area contributed by atoms with Crippen LogP contribution in [0.5, 0.6) is 0 Å². The number of nitrogens with one attached hydrogen (secondary N) is 2. The summed E-state index contributed by atoms with van der Waals surface area (Å²) in [5.74, 6) is 0.783. The Morgan fingerprint density at radius 3 is 2.45 bits per heavy atom. The minimum atomic E-state index is 0.117. The summed E-state index contributed by atoms with van der Waals surface area (Å²) in [4.78, 5) is 14.4. The number of benzene rings is 1. The van der Waals surface area contributed by atoms with Gasteiger partial charge >= 0.3 is 0 Å². The minimum absolute atomic E-state index is 0.117. The van der Waals surface area contributed by atoms with Crippen LogP contribution in [0.4, 0.5) is 0 Å². The lowest BCUT2D eigenvalue weighted by Gasteiger charge is -2.27. The molecule has 2 rings (SSSR count). The van der Waals surface area contributed by atoms with E-state index >= 15 is 0 Å². The molecule has 0 spiro atoms. The number of piperazine rings is 1. The Labute approximate surface area is 134 Å². The highest BCUT2D eigenvalue weighted by Crippen LogP contribution is 2.10. The first kappa shape index (κ1) is 17.0. The van der Waals surface area contributed by atoms with Crippen molar-refractivity contribution in [2.24, 2.45) is 5.92 Å². The second-order valence-electron chi connectivity index (χ2n) is 6.53. The molecule has 1 aliphatic heterocycles. The smallest absolute Gasteiger partial charge is 0.224 e. The summed E-state index contributed by atoms with van der Waals surface area (Å²) in [7, 11) is 0. The van der Waals surface area contributed by atoms with Crippen molar-refractivity contribution in [1.82, 2.24) is 15.5 Å². The van der Waals surface area contributed by atoms with Crippen LogP contribution in [0.1, 0.15) is 25.0 Å². The maximum Gasteiger partial charge on any atom is 0.224 e. The Balaban J connectivity index is 1.67. The highest BCUT2D eigenvalue weighted by molar-refractivity contribution is 5.78. The molecule has 4 heteroatoms. The van der Waals surface area contributed by atoms with Gasteiger partial charge in [-0.2, -0.15) is 0 Å². The molecule has 1 fully saturated rings. The molecule has 22 heavy (non-hydrogen) atoms. The maximum absolute atomic E-state index is 12.0. The molecule has 122 valence electrons. The first-order valence-electron chi connectivity index (χ1n) is 8.41. The Kier molecular flexibility index (Phi) is 6.87. The van der Waals surface area contributed by atoms with Crippen molar-refractivity contribution in [3.05, 3.63) is 35.4 Å². The fourth-order valence-electron chi connectivity index (χ4n) is 2.80. The van der Waals surface area contributed by atoms with Gasteiger partial charge < -0.3 is 10.6 Å². The average molecular weight is 303 g/mol. The Hall–Kier alpha value is -1.39. The standard InChI is InChI=1S/C18H29N3O/c1-15(2)13-16-3-5-17(6-4-16)14-18(22)20-9-12-21-10-7-19-8-11-21/h3-6,15,19H,7-14H2,1-2H3,(H,20,22). The third-order valence-corrected chi connectivity index (χ3v) is 3.99. The number of rotatable bonds is 7. The second kappa shape index (κ2) is 8.91. The third kappa shape index (κ3) is 6.16. The SMILES string of the molecule is CC(C)Cc1ccc(CC(=O)NCCN2CCNCC2)cc1. The van der Waals surface area contributed by atoms with Crippen LogP contribution in [0, 0.1) is 5.92 Å². The van der Waals surface area contributed by atoms with Crippen LogP contribution in [-0.4, -0.2) is 50.1 Å². The van der Waals surface area contributed by atoms with E-state index in [1.54, 1.807) is 0 Å². The summed E-state index contributed by atoms with van der Waals surface area (Å²) in [6.07, 6.45) is 1.57. The first-order chi connectivity index (χ1) is 10.6. The van der Waals surface area contributed by atoms with Crippen molar-refractivity contribution in [3.8, 4) is 0 Å². The summed E-state index contributed by atoms with van der Waals surface area (Å²) in [5.41, 5.74) is 2.44. The first-order valence-corrected chi connectivity index (χ1v) is 8.41. The van der Waals surface area contributed by atoms with Crippen LogP contribution in [0.25, 0.3) is 0 Å². The molecule has 1 saturated heterocycles. The lowest BCUT2D eigenvalue weighted by Crippen LogP contribution is -2.46. The lowest BCUT2D eigenvalue weighted by molar-refractivity contribution is -0.120. The molecule has 1 amide bonds. The number of hydrogen-bond acceptors (Lipinski definition) is 3. The Morgan fingerprint density at radius 1 is 1.18 bits per heavy atom. The molecule has 2 N–H and O–H groups in total. The van der Waals surface area contributed by atoms with Crippen molar-refractivity contribution in [2.75, 3.05) is 39.3 Å². The van der Waals surface area contributed by atoms with Crippen LogP contribution < -0.4 is 10.6 Å². The zero-order valence-corrected chi connectivity index (χ0v) is 13.9. The predicted octanol–water partition coefficient (Wildman–Crippen LogP) is 1.45. The van der Waals surface area contributed by atoms with Crippen molar-refractivity contribution >= 4 is 5.91 Å². The quantitative estimate of drug-likeness (QED) is 0.801. The zero-order valence-electron chi connectivity index (χ0n) is 13.9. The molecule has 0 aromatic heterocycles. The molecule has 1 aromatic rings. The van der Waals surface area contributed by atoms with Crippen molar-refractivity contribution in [1.29, 1.82) is 0 Å². The van der Waals surface area contributed by atoms with Gasteiger partial charge in [-0.1, -0.05) is 38.1 Å². The predicted molar refractivity (Wildman–Crippen MR) is 91.0 cm³/mol. The molecule has 0 radical (unpaired) electrons. The monoisotopic (exact) mass is 303 g/mol. The molecule has 1 aliphatic rings. The number of amides is 1. The van der Waals surface area contributed by atoms with Gasteiger partial charge in [0.2, 0.25) is 5.91 Å². The third-order valence-electron chi connectivity index (χ3n) is 3.99. The van der Waals surface area contributed by atoms with Crippen LogP contribution in [-0.2, 0) is 17.6 Å². The number of nitrogens with zero attached hydrogens (tertiary/aromatic N) is 1. The topological polar surface area (TPSA) is 44.4 Å². The van der Waals surface area contributed by atoms with Gasteiger partial charge in [0.05, 0.1) is 6.42 Å². The van der Waals surface area contributed by atoms with Gasteiger partial charge in [-0.3, -0.25) is 9.69 Å². The van der Waals surface area contributed by atoms with Gasteiger partial charge in [0.15, 0.2) is 0 Å². The summed E-state index contributed by atoms with van der Waals surface area (Å²) < 4.78 is 0. The van der Waals surface area contributed by atoms with E-state index in [0.29, 0.717) is 12.3 Å². The molecular weight excluding hydrogens is 274 g/mol. The van der Waals surface area contributed by atoms with Crippen molar-refractivity contribution in [3.63, 3.8) is 0 Å². The molecule has 0 aliphatic carbocycles. The van der Waals surface area contributed by atoms with Gasteiger partial charge in [0.1, 0.15) is 0 Å². The summed E-state index contributed by atoms with van der Waals surface area (Å²) in [6.45, 7) is 10.4. The normalized spacial score (nSPS) is 16.0. The van der Waals surface area contributed by atoms with Gasteiger partial charge in [-0.15, -0.1) is 0 Å². The van der Waals surface area contributed by atoms with E-state index in [0.717, 1.165) is 51.3 Å². The molecule has 4 nitrogen and oxygen atoms in total. The highest BCUT2D eigenvalue weighted by Gasteiger charge is 2.09. The molecule has 1 heterocycles. The average Bonchev–Trinajstić information content (AvgIpc) is 2.50. The molecular formula is C18H29N3O. The Bertz CT molecular complexity index is 450. The van der Waals surface area contributed by atoms with Crippen LogP contribution in [0.2, 0.25) is 0 Å². The largest absolute Gasteiger partial charge is 0.355 e. The van der Waals surface area contributed by atoms with E-state index < -0.39 is 0 Å². The van der Waals surface area contributed by atoms with Gasteiger partial charge in [-0.25, -0.2) is 0 Å². The molecule has 0 unspecified atom stereocenters. The molecule has 0 atom stereocenters. The summed E-state index contributed by atoms with van der Waals surface area (Å²) >= 11 is 0. The number of carbonyl (C=O) groups excluding carboxylic acids is 1. The van der Waals surface area contributed by atoms with Gasteiger partial charge in [0.25, 0.3) is 0 Å². The van der Waals surface area contributed by atoms with Crippen LogP contribution >= 0.6 is 0 Å². The fourth-order valence-corrected chi connectivity index (χ4v) is 2.80. The minimum Gasteiger partial charge on any atom is -0.355 e. The second-order valence-corrected chi connectivity index (χ2v) is 6.53. The molecule has 0 bridgehead atoms. The van der Waals surface area contributed by atoms with Crippen molar-refractivity contribution < 1.29 is 4.79 Å². The molecule has 1 aromatic carbocycles. The van der Waals surface area contributed by atoms with Gasteiger partial charge in [0, 0.05) is 39.3 Å². The van der Waals surface area contributed by atoms with E-state index in [2.05, 4.69) is 53.6 Å². The maximum atomic E-state index is 12.0. The van der Waals surface area contributed by atoms with E-state index in [1.807, 2.05) is 0 Å². The highest BCUT2D eigenvalue weighted by atomic mass is 16.1. The lowest BCUT2D eigenvalue weighted by atomic mass is 10.0. The number of carbonyl (C=O) groups is 1. The summed E-state index contributed by atoms with van der Waals surface area (Å²) in [5, 5.41) is 6.36. The van der Waals surface area contributed by atoms with Gasteiger partial charge in [-0.05, 0) is 23.5 Å². The van der Waals surface area contributed by atoms with E-state index in [9.17, 15) is 4.79 Å². The van der Waals surface area contributed by atoms with E-state index in [4.69, 9.17) is 0 Å². The van der Waals surface area contributed by atoms with Crippen LogP contribution in [0.15, 0.2) is 24.3 Å². The van der Waals surface area contributed by atoms with E-state index in [1.165, 1.54) is 5.56 Å².